The number of nitrogen functional groups attached to an aromatic ring is 1. The highest BCUT2D eigenvalue weighted by Crippen LogP contribution is 2.29. The van der Waals surface area contributed by atoms with Crippen LogP contribution in [0.1, 0.15) is 12.8 Å². The molecule has 1 fully saturated rings. The highest BCUT2D eigenvalue weighted by molar-refractivity contribution is 7.89. The maximum absolute atomic E-state index is 12.7. The molecule has 1 unspecified atom stereocenters. The summed E-state index contributed by atoms with van der Waals surface area (Å²) in [6.07, 6.45) is 2.13. The van der Waals surface area contributed by atoms with Gasteiger partial charge in [-0.1, -0.05) is 0 Å². The van der Waals surface area contributed by atoms with Crippen LogP contribution in [0.4, 0.5) is 5.69 Å². The molecule has 2 rings (SSSR count). The van der Waals surface area contributed by atoms with Gasteiger partial charge in [0.05, 0.1) is 7.11 Å². The minimum absolute atomic E-state index is 0.155. The Morgan fingerprint density at radius 1 is 1.48 bits per heavy atom. The Balaban J connectivity index is 2.24. The quantitative estimate of drug-likeness (QED) is 0.821. The molecule has 1 atom stereocenters. The molecule has 1 aromatic carbocycles. The highest BCUT2D eigenvalue weighted by Gasteiger charge is 2.29. The lowest BCUT2D eigenvalue weighted by atomic mass is 10.2. The first-order valence-corrected chi connectivity index (χ1v) is 8.40. The van der Waals surface area contributed by atoms with Crippen LogP contribution in [0, 0.1) is 0 Å². The predicted molar refractivity (Wildman–Crippen MR) is 82.9 cm³/mol. The van der Waals surface area contributed by atoms with Gasteiger partial charge in [0.1, 0.15) is 10.6 Å². The van der Waals surface area contributed by atoms with Crippen LogP contribution < -0.4 is 10.5 Å². The van der Waals surface area contributed by atoms with Crippen molar-refractivity contribution in [1.29, 1.82) is 0 Å². The van der Waals surface area contributed by atoms with Crippen molar-refractivity contribution in [2.45, 2.75) is 23.8 Å². The smallest absolute Gasteiger partial charge is 0.246 e. The number of hydrogen-bond donors (Lipinski definition) is 1. The molecule has 0 radical (unpaired) electrons. The fourth-order valence-electron chi connectivity index (χ4n) is 2.67. The van der Waals surface area contributed by atoms with E-state index in [0.29, 0.717) is 12.2 Å². The van der Waals surface area contributed by atoms with E-state index >= 15 is 0 Å². The minimum atomic E-state index is -3.58. The van der Waals surface area contributed by atoms with Crippen LogP contribution in [0.2, 0.25) is 0 Å². The van der Waals surface area contributed by atoms with E-state index in [-0.39, 0.29) is 16.7 Å². The van der Waals surface area contributed by atoms with Crippen molar-refractivity contribution in [3.8, 4) is 5.75 Å². The third-order valence-corrected chi connectivity index (χ3v) is 5.88. The molecule has 1 aromatic rings. The number of nitrogens with zero attached hydrogens (tertiary/aromatic N) is 2. The number of rotatable bonds is 5. The van der Waals surface area contributed by atoms with Crippen molar-refractivity contribution in [1.82, 2.24) is 9.21 Å². The molecule has 1 aliphatic heterocycles. The fraction of sp³-hybridized carbons (Fsp3) is 0.571. The van der Waals surface area contributed by atoms with E-state index in [1.807, 2.05) is 7.05 Å². The Morgan fingerprint density at radius 3 is 2.76 bits per heavy atom. The number of anilines is 1. The Kier molecular flexibility index (Phi) is 4.75. The molecule has 1 aliphatic rings. The first kappa shape index (κ1) is 16.1. The summed E-state index contributed by atoms with van der Waals surface area (Å²) < 4.78 is 32.0. The van der Waals surface area contributed by atoms with E-state index < -0.39 is 10.0 Å². The number of ether oxygens (including phenoxy) is 1. The second-order valence-corrected chi connectivity index (χ2v) is 7.49. The van der Waals surface area contributed by atoms with Crippen molar-refractivity contribution in [3.63, 3.8) is 0 Å². The molecule has 2 N–H and O–H groups in total. The second kappa shape index (κ2) is 6.21. The monoisotopic (exact) mass is 313 g/mol. The van der Waals surface area contributed by atoms with Crippen LogP contribution in [0.25, 0.3) is 0 Å². The van der Waals surface area contributed by atoms with Gasteiger partial charge < -0.3 is 15.4 Å². The Labute approximate surface area is 126 Å². The zero-order chi connectivity index (χ0) is 15.6. The lowest BCUT2D eigenvalue weighted by Gasteiger charge is -2.26. The van der Waals surface area contributed by atoms with Crippen LogP contribution in [0.15, 0.2) is 23.1 Å². The Hall–Kier alpha value is -1.31. The van der Waals surface area contributed by atoms with E-state index in [2.05, 4.69) is 4.90 Å². The number of methoxy groups -OCH3 is 1. The van der Waals surface area contributed by atoms with Crippen molar-refractivity contribution in [2.24, 2.45) is 0 Å². The first-order valence-electron chi connectivity index (χ1n) is 6.96. The topological polar surface area (TPSA) is 75.9 Å². The van der Waals surface area contributed by atoms with Gasteiger partial charge in [-0.3, -0.25) is 0 Å². The average Bonchev–Trinajstić information content (AvgIpc) is 2.83. The van der Waals surface area contributed by atoms with Gasteiger partial charge in [0.2, 0.25) is 10.0 Å². The molecule has 1 saturated heterocycles. The standard InChI is InChI=1S/C14H23N3O3S/c1-16-8-4-5-12(16)10-17(2)21(18,19)14-7-6-11(15)9-13(14)20-3/h6-7,9,12H,4-5,8,10,15H2,1-3H3. The van der Waals surface area contributed by atoms with Gasteiger partial charge in [-0.2, -0.15) is 4.31 Å². The van der Waals surface area contributed by atoms with Crippen LogP contribution in [-0.2, 0) is 10.0 Å². The molecule has 1 heterocycles. The lowest BCUT2D eigenvalue weighted by molar-refractivity contribution is 0.270. The van der Waals surface area contributed by atoms with E-state index in [0.717, 1.165) is 19.4 Å². The number of likely N-dealkylation sites (tertiary alicyclic amines) is 1. The number of likely N-dealkylation sites (N-methyl/N-ethyl adjacent to an activating group) is 2. The van der Waals surface area contributed by atoms with Gasteiger partial charge >= 0.3 is 0 Å². The normalized spacial score (nSPS) is 20.1. The Morgan fingerprint density at radius 2 is 2.19 bits per heavy atom. The summed E-state index contributed by atoms with van der Waals surface area (Å²) in [5.74, 6) is 0.279. The van der Waals surface area contributed by atoms with Gasteiger partial charge in [-0.25, -0.2) is 8.42 Å². The SMILES string of the molecule is COc1cc(N)ccc1S(=O)(=O)N(C)CC1CCCN1C. The van der Waals surface area contributed by atoms with Gasteiger partial charge in [-0.15, -0.1) is 0 Å². The van der Waals surface area contributed by atoms with Gasteiger partial charge in [0.15, 0.2) is 0 Å². The molecular weight excluding hydrogens is 290 g/mol. The highest BCUT2D eigenvalue weighted by atomic mass is 32.2. The molecule has 0 spiro atoms. The summed E-state index contributed by atoms with van der Waals surface area (Å²) in [7, 11) is 1.50. The van der Waals surface area contributed by atoms with Gasteiger partial charge in [0.25, 0.3) is 0 Å². The second-order valence-electron chi connectivity index (χ2n) is 5.47. The number of sulfonamides is 1. The Bertz CT molecular complexity index is 603. The van der Waals surface area contributed by atoms with Crippen LogP contribution in [0.5, 0.6) is 5.75 Å². The third kappa shape index (κ3) is 3.30. The third-order valence-electron chi connectivity index (χ3n) is 4.02. The van der Waals surface area contributed by atoms with Crippen LogP contribution in [0.3, 0.4) is 0 Å². The maximum atomic E-state index is 12.7. The van der Waals surface area contributed by atoms with Gasteiger partial charge in [0, 0.05) is 31.4 Å². The summed E-state index contributed by atoms with van der Waals surface area (Å²) in [4.78, 5) is 2.36. The molecule has 0 bridgehead atoms. The van der Waals surface area contributed by atoms with Crippen molar-refractivity contribution in [3.05, 3.63) is 18.2 Å². The molecule has 6 nitrogen and oxygen atoms in total. The zero-order valence-corrected chi connectivity index (χ0v) is 13.6. The summed E-state index contributed by atoms with van der Waals surface area (Å²) in [5.41, 5.74) is 6.15. The summed E-state index contributed by atoms with van der Waals surface area (Å²) in [6, 6.07) is 4.87. The molecule has 0 saturated carbocycles. The maximum Gasteiger partial charge on any atom is 0.246 e. The van der Waals surface area contributed by atoms with Gasteiger partial charge in [-0.05, 0) is 38.6 Å². The molecule has 21 heavy (non-hydrogen) atoms. The van der Waals surface area contributed by atoms with E-state index in [1.54, 1.807) is 13.1 Å². The fourth-order valence-corrected chi connectivity index (χ4v) is 4.01. The van der Waals surface area contributed by atoms with Crippen LogP contribution in [-0.4, -0.2) is 58.0 Å². The average molecular weight is 313 g/mol. The number of nitrogens with two attached hydrogens (primary N) is 1. The molecule has 118 valence electrons. The molecule has 7 heteroatoms. The lowest BCUT2D eigenvalue weighted by Crippen LogP contribution is -2.39. The molecular formula is C14H23N3O3S. The van der Waals surface area contributed by atoms with Crippen molar-refractivity contribution >= 4 is 15.7 Å². The largest absolute Gasteiger partial charge is 0.495 e. The van der Waals surface area contributed by atoms with Crippen molar-refractivity contribution in [2.75, 3.05) is 40.0 Å². The number of hydrogen-bond acceptors (Lipinski definition) is 5. The summed E-state index contributed by atoms with van der Waals surface area (Å²) in [5, 5.41) is 0. The van der Waals surface area contributed by atoms with Crippen molar-refractivity contribution < 1.29 is 13.2 Å². The van der Waals surface area contributed by atoms with E-state index in [1.165, 1.54) is 23.5 Å². The predicted octanol–water partition coefficient (Wildman–Crippen LogP) is 0.992. The molecule has 0 amide bonds. The summed E-state index contributed by atoms with van der Waals surface area (Å²) in [6.45, 7) is 1.50. The number of benzene rings is 1. The van der Waals surface area contributed by atoms with E-state index in [4.69, 9.17) is 10.5 Å². The molecule has 0 aromatic heterocycles. The zero-order valence-electron chi connectivity index (χ0n) is 12.7. The minimum Gasteiger partial charge on any atom is -0.495 e. The first-order chi connectivity index (χ1) is 9.86. The summed E-state index contributed by atoms with van der Waals surface area (Å²) >= 11 is 0. The van der Waals surface area contributed by atoms with E-state index in [9.17, 15) is 8.42 Å². The molecule has 0 aliphatic carbocycles. The van der Waals surface area contributed by atoms with Crippen LogP contribution >= 0.6 is 0 Å².